The van der Waals surface area contributed by atoms with Crippen molar-refractivity contribution >= 4 is 5.97 Å². The summed E-state index contributed by atoms with van der Waals surface area (Å²) in [6.07, 6.45) is -26.8. The van der Waals surface area contributed by atoms with Crippen molar-refractivity contribution in [2.24, 2.45) is 50.2 Å². The fraction of sp³-hybridized carbons (Fsp3) is 0.948. The van der Waals surface area contributed by atoms with E-state index in [2.05, 4.69) is 54.5 Å². The van der Waals surface area contributed by atoms with Gasteiger partial charge in [-0.05, 0) is 116 Å². The van der Waals surface area contributed by atoms with Crippen molar-refractivity contribution in [1.82, 2.24) is 0 Å². The van der Waals surface area contributed by atoms with E-state index in [0.717, 1.165) is 32.1 Å². The Morgan fingerprint density at radius 3 is 1.86 bits per heavy atom. The highest BCUT2D eigenvalue weighted by molar-refractivity contribution is 5.79. The second-order valence-corrected chi connectivity index (χ2v) is 28.2. The molecule has 5 aliphatic heterocycles. The van der Waals surface area contributed by atoms with Crippen LogP contribution in [-0.4, -0.2) is 251 Å². The average Bonchev–Trinajstić information content (AvgIpc) is 3.63. The monoisotopic (exact) mass is 1190 g/mol. The maximum Gasteiger partial charge on any atom is 0.315 e. The van der Waals surface area contributed by atoms with Crippen molar-refractivity contribution in [3.63, 3.8) is 0 Å². The number of hydrogen-bond acceptors (Lipinski definition) is 25. The molecule has 25 heteroatoms. The predicted molar refractivity (Wildman–Crippen MR) is 282 cm³/mol. The SMILES string of the molecule is C[C@H]1O[C@@H](O[C@@H]2[C@@H](O[C@H]3CC[C@]4(C)[C@H](CC[C@@]5(C)[C@H]4CC=C4[C@@H]6CC(C)(C)CC[C@]6(C(=O)O[C@@H]6O[C@H](CO[C@@H]7O[C@H](CO)[C@H](O)[C@H](O)[C@H]7O)[C@@H](O)[C@@H](O)[C@@H]6O)CC[C@]45C)C3(C)C)OC[C@@H](O)[C@H]2O)[C@H](O)[C@H](O[C@@H]2OC[C@H](O)[C@H](O)[C@H]2O)[C@@H]1O. The van der Waals surface area contributed by atoms with Gasteiger partial charge in [0.15, 0.2) is 25.2 Å². The van der Waals surface area contributed by atoms with Crippen molar-refractivity contribution in [3.8, 4) is 0 Å². The van der Waals surface area contributed by atoms with Gasteiger partial charge in [0.1, 0.15) is 104 Å². The van der Waals surface area contributed by atoms with Crippen LogP contribution in [0.3, 0.4) is 0 Å². The molecule has 0 aromatic carbocycles. The topological polar surface area (TPSA) is 393 Å². The molecule has 0 aromatic heterocycles. The lowest BCUT2D eigenvalue weighted by Crippen LogP contribution is -2.66. The van der Waals surface area contributed by atoms with E-state index in [4.69, 9.17) is 47.4 Å². The van der Waals surface area contributed by atoms with Crippen LogP contribution in [0.15, 0.2) is 11.6 Å². The number of fused-ring (bicyclic) bond motifs is 7. The molecule has 476 valence electrons. The van der Waals surface area contributed by atoms with Crippen LogP contribution in [0, 0.1) is 50.2 Å². The Morgan fingerprint density at radius 1 is 0.566 bits per heavy atom. The molecule has 5 heterocycles. The van der Waals surface area contributed by atoms with Gasteiger partial charge < -0.3 is 119 Å². The van der Waals surface area contributed by atoms with Gasteiger partial charge in [0, 0.05) is 0 Å². The Hall–Kier alpha value is -1.71. The number of allylic oxidation sites excluding steroid dienone is 2. The average molecular weight is 1190 g/mol. The maximum absolute atomic E-state index is 15.1. The highest BCUT2D eigenvalue weighted by Gasteiger charge is 2.70. The van der Waals surface area contributed by atoms with E-state index in [1.54, 1.807) is 0 Å². The van der Waals surface area contributed by atoms with Crippen molar-refractivity contribution in [2.75, 3.05) is 26.4 Å². The van der Waals surface area contributed by atoms with Gasteiger partial charge in [-0.1, -0.05) is 60.1 Å². The predicted octanol–water partition coefficient (Wildman–Crippen LogP) is -1.91. The summed E-state index contributed by atoms with van der Waals surface area (Å²) in [5.41, 5.74) is -1.17. The number of ether oxygens (including phenoxy) is 10. The highest BCUT2D eigenvalue weighted by atomic mass is 16.8. The lowest BCUT2D eigenvalue weighted by atomic mass is 9.33. The molecule has 0 bridgehead atoms. The van der Waals surface area contributed by atoms with Gasteiger partial charge in [-0.2, -0.15) is 0 Å². The molecule has 31 atom stereocenters. The van der Waals surface area contributed by atoms with Crippen LogP contribution in [0.25, 0.3) is 0 Å². The fourth-order valence-corrected chi connectivity index (χ4v) is 17.3. The third-order valence-corrected chi connectivity index (χ3v) is 22.7. The van der Waals surface area contributed by atoms with E-state index >= 15 is 4.79 Å². The quantitative estimate of drug-likeness (QED) is 0.0576. The first-order chi connectivity index (χ1) is 38.8. The molecule has 4 saturated carbocycles. The second kappa shape index (κ2) is 23.6. The number of carbonyl (C=O) groups is 1. The molecule has 0 radical (unpaired) electrons. The Morgan fingerprint density at radius 2 is 1.17 bits per heavy atom. The zero-order valence-corrected chi connectivity index (χ0v) is 48.8. The summed E-state index contributed by atoms with van der Waals surface area (Å²) >= 11 is 0. The summed E-state index contributed by atoms with van der Waals surface area (Å²) in [6, 6.07) is 0. The Labute approximate surface area is 483 Å². The summed E-state index contributed by atoms with van der Waals surface area (Å²) in [7, 11) is 0. The summed E-state index contributed by atoms with van der Waals surface area (Å²) in [5.74, 6) is -0.468. The van der Waals surface area contributed by atoms with Gasteiger partial charge in [-0.15, -0.1) is 0 Å². The molecule has 0 amide bonds. The molecule has 14 N–H and O–H groups in total. The standard InChI is InChI=1S/C58H94O25/c1-24-34(62)45(81-48-41(69)35(63)27(60)21-74-48)44(72)50(77-24)82-46-36(64)28(61)22-75-51(46)80-33-12-13-55(6)31(54(33,4)5)11-14-57(8)32(55)10-9-25-26-19-53(2,3)15-17-58(26,18-16-56(25,57)7)52(73)83-49-43(71)40(68)38(66)30(79-49)23-76-47-42(70)39(67)37(65)29(20-59)78-47/h9,24,26-51,59-72H,10-23H2,1-8H3/t24-,26+,27+,28-,29-,30-,31-,32+,33+,34-,35+,36-,37+,38-,39+,40-,41-,42-,43+,44-,45-,46+,47-,48+,49+,50+,51-,55-,56-,57+,58+/m1/s1. The van der Waals surface area contributed by atoms with E-state index in [0.29, 0.717) is 32.1 Å². The summed E-state index contributed by atoms with van der Waals surface area (Å²) in [5, 5.41) is 150. The van der Waals surface area contributed by atoms with Gasteiger partial charge in [0.25, 0.3) is 0 Å². The van der Waals surface area contributed by atoms with E-state index in [-0.39, 0.29) is 52.6 Å². The van der Waals surface area contributed by atoms with Crippen LogP contribution in [0.4, 0.5) is 0 Å². The molecule has 5 aliphatic carbocycles. The van der Waals surface area contributed by atoms with Crippen molar-refractivity contribution in [2.45, 2.75) is 267 Å². The minimum absolute atomic E-state index is 0.137. The fourth-order valence-electron chi connectivity index (χ4n) is 17.3. The molecular weight excluding hydrogens is 1100 g/mol. The molecule has 0 aromatic rings. The third kappa shape index (κ3) is 10.9. The Kier molecular flexibility index (Phi) is 18.3. The van der Waals surface area contributed by atoms with Crippen LogP contribution in [0.5, 0.6) is 0 Å². The molecule has 83 heavy (non-hydrogen) atoms. The number of rotatable bonds is 12. The van der Waals surface area contributed by atoms with Gasteiger partial charge >= 0.3 is 5.97 Å². The van der Waals surface area contributed by atoms with E-state index in [9.17, 15) is 71.5 Å². The van der Waals surface area contributed by atoms with Crippen LogP contribution < -0.4 is 0 Å². The maximum atomic E-state index is 15.1. The summed E-state index contributed by atoms with van der Waals surface area (Å²) in [4.78, 5) is 15.1. The Bertz CT molecular complexity index is 2310. The van der Waals surface area contributed by atoms with Crippen molar-refractivity contribution < 1.29 is 124 Å². The molecule has 10 aliphatic rings. The molecular formula is C58H94O25. The van der Waals surface area contributed by atoms with Crippen molar-refractivity contribution in [3.05, 3.63) is 11.6 Å². The second-order valence-electron chi connectivity index (χ2n) is 28.2. The van der Waals surface area contributed by atoms with E-state index in [1.165, 1.54) is 12.5 Å². The zero-order chi connectivity index (χ0) is 60.4. The van der Waals surface area contributed by atoms with Gasteiger partial charge in [-0.25, -0.2) is 0 Å². The first-order valence-electron chi connectivity index (χ1n) is 30.0. The Balaban J connectivity index is 0.840. The van der Waals surface area contributed by atoms with Crippen LogP contribution in [0.2, 0.25) is 0 Å². The highest BCUT2D eigenvalue weighted by Crippen LogP contribution is 2.76. The smallest absolute Gasteiger partial charge is 0.315 e. The lowest BCUT2D eigenvalue weighted by molar-refractivity contribution is -0.378. The molecule has 0 unspecified atom stereocenters. The zero-order valence-electron chi connectivity index (χ0n) is 48.8. The molecule has 0 spiro atoms. The first-order valence-corrected chi connectivity index (χ1v) is 30.0. The number of carbonyl (C=O) groups excluding carboxylic acids is 1. The number of hydrogen-bond donors (Lipinski definition) is 14. The summed E-state index contributed by atoms with van der Waals surface area (Å²) in [6.45, 7) is 15.6. The van der Waals surface area contributed by atoms with Crippen LogP contribution >= 0.6 is 0 Å². The van der Waals surface area contributed by atoms with Crippen LogP contribution in [0.1, 0.15) is 120 Å². The normalized spacial score (nSPS) is 54.2. The lowest BCUT2D eigenvalue weighted by Gasteiger charge is -2.71. The van der Waals surface area contributed by atoms with Crippen molar-refractivity contribution in [1.29, 1.82) is 0 Å². The summed E-state index contributed by atoms with van der Waals surface area (Å²) < 4.78 is 59.6. The minimum Gasteiger partial charge on any atom is -0.432 e. The van der Waals surface area contributed by atoms with E-state index in [1.807, 2.05) is 0 Å². The number of aliphatic hydroxyl groups excluding tert-OH is 14. The molecule has 5 saturated heterocycles. The van der Waals surface area contributed by atoms with Gasteiger partial charge in [0.2, 0.25) is 6.29 Å². The molecule has 9 fully saturated rings. The third-order valence-electron chi connectivity index (χ3n) is 22.7. The van der Waals surface area contributed by atoms with Gasteiger partial charge in [-0.3, -0.25) is 4.79 Å². The van der Waals surface area contributed by atoms with Gasteiger partial charge in [0.05, 0.1) is 44.1 Å². The molecule has 10 rings (SSSR count). The first kappa shape index (κ1) is 64.3. The minimum atomic E-state index is -1.84. The number of esters is 1. The van der Waals surface area contributed by atoms with Crippen LogP contribution in [-0.2, 0) is 52.2 Å². The van der Waals surface area contributed by atoms with E-state index < -0.39 is 177 Å². The number of aliphatic hydroxyl groups is 14. The molecule has 25 nitrogen and oxygen atoms in total. The largest absolute Gasteiger partial charge is 0.432 e.